The third kappa shape index (κ3) is 14.3. The maximum absolute atomic E-state index is 8.49. The van der Waals surface area contributed by atoms with Crippen LogP contribution in [0.15, 0.2) is 22.8 Å². The molecule has 0 bridgehead atoms. The molecule has 0 aromatic heterocycles. The summed E-state index contributed by atoms with van der Waals surface area (Å²) in [6.07, 6.45) is 26.8. The van der Waals surface area contributed by atoms with Crippen LogP contribution in [-0.4, -0.2) is 86.2 Å². The molecule has 46 heavy (non-hydrogen) atoms. The van der Waals surface area contributed by atoms with E-state index in [4.69, 9.17) is 50.5 Å². The second-order valence-electron chi connectivity index (χ2n) is 12.8. The van der Waals surface area contributed by atoms with Crippen molar-refractivity contribution in [2.75, 3.05) is 38.7 Å². The van der Waals surface area contributed by atoms with Crippen molar-refractivity contribution in [1.82, 2.24) is 0 Å². The summed E-state index contributed by atoms with van der Waals surface area (Å²) in [7, 11) is -4.94. The Hall–Kier alpha value is 0.429. The summed E-state index contributed by atoms with van der Waals surface area (Å²) < 4.78 is 34.0. The van der Waals surface area contributed by atoms with Crippen molar-refractivity contribution < 1.29 is 45.9 Å². The van der Waals surface area contributed by atoms with Gasteiger partial charge in [0.15, 0.2) is 0 Å². The number of hydrogen-bond donors (Lipinski definition) is 0. The van der Waals surface area contributed by atoms with Crippen molar-refractivity contribution in [3.8, 4) is 0 Å². The smallest absolute Gasteiger partial charge is 0.684 e. The van der Waals surface area contributed by atoms with E-state index < -0.39 is 10.2 Å². The molecule has 6 aliphatic heterocycles. The molecular formula is C32H52ClCuN6O4S2-5. The molecule has 0 aromatic carbocycles. The standard InChI is InChI=1S/C16H28N3S.C16H24N3S.ClHO4.Cu/c2*1-20-12-10-15(13-6-2-4-8-17-13)19-16(11-12)14-7-3-5-9-18-14;2-1(3,4)5;/h12-16H,2-11H2,1H3;10-11,13-15H,2-9H2,1H3;(H,2,3,4,5);/q2*-3;;+2/p-1. The van der Waals surface area contributed by atoms with Crippen LogP contribution in [-0.2, 0) is 17.1 Å². The van der Waals surface area contributed by atoms with Crippen LogP contribution in [0.25, 0.3) is 31.9 Å². The van der Waals surface area contributed by atoms with E-state index in [1.165, 1.54) is 100 Å². The van der Waals surface area contributed by atoms with Crippen LogP contribution < -0.4 is 18.6 Å². The van der Waals surface area contributed by atoms with Gasteiger partial charge < -0.3 is 31.9 Å². The van der Waals surface area contributed by atoms with Crippen LogP contribution in [0.3, 0.4) is 0 Å². The Morgan fingerprint density at radius 2 is 1.13 bits per heavy atom. The number of nitrogens with zero attached hydrogens (tertiary/aromatic N) is 6. The molecule has 6 rings (SSSR count). The van der Waals surface area contributed by atoms with Crippen molar-refractivity contribution in [2.24, 2.45) is 0 Å². The van der Waals surface area contributed by atoms with Gasteiger partial charge in [-0.15, -0.1) is 66.3 Å². The van der Waals surface area contributed by atoms with Gasteiger partial charge in [-0.25, -0.2) is 18.6 Å². The van der Waals surface area contributed by atoms with Gasteiger partial charge in [0.25, 0.3) is 0 Å². The third-order valence-corrected chi connectivity index (χ3v) is 11.3. The first-order valence-electron chi connectivity index (χ1n) is 16.9. The summed E-state index contributed by atoms with van der Waals surface area (Å²) in [5.74, 6) is 0. The van der Waals surface area contributed by atoms with Crippen LogP contribution >= 0.6 is 23.5 Å². The molecule has 7 unspecified atom stereocenters. The van der Waals surface area contributed by atoms with Gasteiger partial charge in [-0.1, -0.05) is 102 Å². The minimum atomic E-state index is -4.94. The zero-order valence-electron chi connectivity index (χ0n) is 27.3. The summed E-state index contributed by atoms with van der Waals surface area (Å²) in [6, 6.07) is 3.01. The summed E-state index contributed by atoms with van der Waals surface area (Å²) in [5.41, 5.74) is 1.21. The first-order valence-corrected chi connectivity index (χ1v) is 20.7. The van der Waals surface area contributed by atoms with Gasteiger partial charge >= 0.3 is 17.1 Å². The van der Waals surface area contributed by atoms with Gasteiger partial charge in [0.05, 0.1) is 0 Å². The quantitative estimate of drug-likeness (QED) is 0.363. The maximum Gasteiger partial charge on any atom is 2.00 e. The Bertz CT molecular complexity index is 880. The minimum Gasteiger partial charge on any atom is -0.684 e. The SMILES string of the molecule is CSC1=CC(C2CCCC[N-]2)[N-]C(C2CCCC[N-]2)=C1.CSC1CC(C2CCCC[N-]2)[N-]C(C2CCCC[N-]2)C1.[Cu+2].[O-][Cl+3]([O-])([O-])[O-]. The summed E-state index contributed by atoms with van der Waals surface area (Å²) in [5, 5.41) is 30.3. The molecule has 5 fully saturated rings. The van der Waals surface area contributed by atoms with Crippen molar-refractivity contribution in [2.45, 2.75) is 137 Å². The molecule has 1 radical (unpaired) electrons. The molecule has 0 N–H and O–H groups in total. The first kappa shape index (κ1) is 40.9. The number of allylic oxidation sites excluding steroid dienone is 1. The second kappa shape index (κ2) is 21.6. The van der Waals surface area contributed by atoms with E-state index in [1.54, 1.807) is 0 Å². The van der Waals surface area contributed by atoms with Gasteiger partial charge in [0, 0.05) is 10.2 Å². The molecule has 0 spiro atoms. The van der Waals surface area contributed by atoms with Crippen LogP contribution in [0, 0.1) is 10.2 Å². The van der Waals surface area contributed by atoms with Gasteiger partial charge in [-0.3, -0.25) is 0 Å². The Morgan fingerprint density at radius 1 is 0.652 bits per heavy atom. The van der Waals surface area contributed by atoms with Crippen molar-refractivity contribution in [3.63, 3.8) is 0 Å². The molecule has 0 saturated carbocycles. The van der Waals surface area contributed by atoms with E-state index >= 15 is 0 Å². The molecule has 269 valence electrons. The average Bonchev–Trinajstić information content (AvgIpc) is 3.09. The Morgan fingerprint density at radius 3 is 1.54 bits per heavy atom. The number of piperidine rings is 5. The topological polar surface area (TPSA) is 177 Å². The molecule has 6 heterocycles. The third-order valence-electron chi connectivity index (χ3n) is 9.56. The zero-order valence-corrected chi connectivity index (χ0v) is 30.6. The minimum absolute atomic E-state index is 0. The zero-order chi connectivity index (χ0) is 32.1. The van der Waals surface area contributed by atoms with E-state index in [2.05, 4.69) is 24.7 Å². The number of rotatable bonds is 6. The maximum atomic E-state index is 8.49. The van der Waals surface area contributed by atoms with Gasteiger partial charge in [0.1, 0.15) is 0 Å². The first-order chi connectivity index (χ1) is 21.7. The van der Waals surface area contributed by atoms with E-state index in [9.17, 15) is 0 Å². The fourth-order valence-corrected chi connectivity index (χ4v) is 8.49. The molecule has 0 amide bonds. The monoisotopic (exact) mass is 746 g/mol. The summed E-state index contributed by atoms with van der Waals surface area (Å²) in [4.78, 5) is 1.35. The second-order valence-corrected chi connectivity index (χ2v) is 15.6. The Balaban J connectivity index is 0.000000215. The fraction of sp³-hybridized carbons (Fsp3) is 0.875. The molecule has 14 heteroatoms. The summed E-state index contributed by atoms with van der Waals surface area (Å²) in [6.45, 7) is 4.17. The van der Waals surface area contributed by atoms with Crippen molar-refractivity contribution >= 4 is 23.5 Å². The molecule has 6 aliphatic rings. The van der Waals surface area contributed by atoms with Gasteiger partial charge in [0.2, 0.25) is 0 Å². The van der Waals surface area contributed by atoms with E-state index in [0.29, 0.717) is 36.3 Å². The summed E-state index contributed by atoms with van der Waals surface area (Å²) >= 11 is 3.86. The molecule has 7 atom stereocenters. The average molecular weight is 748 g/mol. The number of hydrogen-bond acceptors (Lipinski definition) is 6. The van der Waals surface area contributed by atoms with Crippen LogP contribution in [0.2, 0.25) is 0 Å². The van der Waals surface area contributed by atoms with E-state index in [0.717, 1.165) is 31.4 Å². The Labute approximate surface area is 298 Å². The normalized spacial score (nSPS) is 35.3. The molecule has 5 saturated heterocycles. The number of halogens is 1. The molecule has 0 aromatic rings. The molecule has 10 nitrogen and oxygen atoms in total. The largest absolute Gasteiger partial charge is 2.00 e. The van der Waals surface area contributed by atoms with Crippen LogP contribution in [0.4, 0.5) is 0 Å². The van der Waals surface area contributed by atoms with Crippen LogP contribution in [0.1, 0.15) is 89.9 Å². The Kier molecular flexibility index (Phi) is 19.2. The van der Waals surface area contributed by atoms with E-state index in [1.807, 2.05) is 23.5 Å². The predicted octanol–water partition coefficient (Wildman–Crippen LogP) is 4.44. The molecule has 0 aliphatic carbocycles. The van der Waals surface area contributed by atoms with Gasteiger partial charge in [-0.2, -0.15) is 41.6 Å². The van der Waals surface area contributed by atoms with Crippen molar-refractivity contribution in [3.05, 3.63) is 54.7 Å². The van der Waals surface area contributed by atoms with Gasteiger partial charge in [-0.05, 0) is 12.5 Å². The number of thioether (sulfide) groups is 2. The van der Waals surface area contributed by atoms with E-state index in [-0.39, 0.29) is 23.1 Å². The van der Waals surface area contributed by atoms with Crippen LogP contribution in [0.5, 0.6) is 0 Å². The van der Waals surface area contributed by atoms with Crippen molar-refractivity contribution in [1.29, 1.82) is 0 Å². The predicted molar refractivity (Wildman–Crippen MR) is 178 cm³/mol. The molecular weight excluding hydrogens is 696 g/mol. The fourth-order valence-electron chi connectivity index (χ4n) is 7.20.